The van der Waals surface area contributed by atoms with Gasteiger partial charge < -0.3 is 9.32 Å². The van der Waals surface area contributed by atoms with Gasteiger partial charge in [0.25, 0.3) is 0 Å². The predicted octanol–water partition coefficient (Wildman–Crippen LogP) is 15.2. The molecule has 9 rings (SSSR count). The number of para-hydroxylation sites is 1. The molecule has 0 aliphatic rings. The van der Waals surface area contributed by atoms with Gasteiger partial charge in [-0.2, -0.15) is 0 Å². The van der Waals surface area contributed by atoms with Gasteiger partial charge in [-0.15, -0.1) is 0 Å². The first-order chi connectivity index (χ1) is 27.6. The van der Waals surface area contributed by atoms with Crippen LogP contribution in [0.1, 0.15) is 16.7 Å². The molecular weight excluding hydrogens is 679 g/mol. The highest BCUT2D eigenvalue weighted by Gasteiger charge is 2.18. The zero-order valence-corrected chi connectivity index (χ0v) is 31.0. The van der Waals surface area contributed by atoms with Gasteiger partial charge in [0, 0.05) is 33.4 Å². The standard InChI is InChI=1S/C54H39NO/c1-3-4-24-48(35-47-23-14-27-51-52-36-44-19-10-11-20-45(44)37-53(52)56-54(47)51)55(49-25-12-21-41(33-49)38(2)28-29-39-15-6-5-7-16-39)50-26-13-22-43(34-50)46-31-30-40-17-8-9-18-42(40)32-46/h3-37H,1-2H2/b24-4-,29-28-,48-35-. The summed E-state index contributed by atoms with van der Waals surface area (Å²) in [4.78, 5) is 2.30. The van der Waals surface area contributed by atoms with E-state index in [1.54, 1.807) is 0 Å². The molecule has 8 aromatic carbocycles. The van der Waals surface area contributed by atoms with Crippen molar-refractivity contribution in [1.29, 1.82) is 0 Å². The molecule has 0 radical (unpaired) electrons. The molecule has 0 aliphatic heterocycles. The van der Waals surface area contributed by atoms with Crippen LogP contribution in [-0.4, -0.2) is 0 Å². The maximum Gasteiger partial charge on any atom is 0.142 e. The van der Waals surface area contributed by atoms with E-state index in [1.165, 1.54) is 16.2 Å². The number of nitrogens with zero attached hydrogens (tertiary/aromatic N) is 1. The van der Waals surface area contributed by atoms with Gasteiger partial charge >= 0.3 is 0 Å². The topological polar surface area (TPSA) is 16.4 Å². The number of anilines is 2. The molecule has 1 aromatic heterocycles. The Morgan fingerprint density at radius 1 is 0.536 bits per heavy atom. The van der Waals surface area contributed by atoms with Crippen LogP contribution in [0, 0.1) is 0 Å². The van der Waals surface area contributed by atoms with Gasteiger partial charge in [0.1, 0.15) is 11.2 Å². The highest BCUT2D eigenvalue weighted by Crippen LogP contribution is 2.39. The van der Waals surface area contributed by atoms with Crippen LogP contribution in [-0.2, 0) is 0 Å². The van der Waals surface area contributed by atoms with Crippen LogP contribution < -0.4 is 4.90 Å². The first kappa shape index (κ1) is 34.4. The highest BCUT2D eigenvalue weighted by atomic mass is 16.3. The first-order valence-electron chi connectivity index (χ1n) is 18.9. The smallest absolute Gasteiger partial charge is 0.142 e. The Balaban J connectivity index is 1.21. The third kappa shape index (κ3) is 6.88. The van der Waals surface area contributed by atoms with E-state index in [0.29, 0.717) is 0 Å². The number of rotatable bonds is 10. The Labute approximate surface area is 327 Å². The molecule has 0 amide bonds. The largest absolute Gasteiger partial charge is 0.455 e. The van der Waals surface area contributed by atoms with Crippen LogP contribution in [0.4, 0.5) is 11.4 Å². The fourth-order valence-electron chi connectivity index (χ4n) is 7.47. The molecule has 0 unspecified atom stereocenters. The van der Waals surface area contributed by atoms with Gasteiger partial charge in [0.05, 0.1) is 0 Å². The molecule has 9 aromatic rings. The molecule has 0 fully saturated rings. The SMILES string of the molecule is C=C/C=C\C(=C\c1cccc2c1oc1cc3ccccc3cc12)N(c1cccc(C(=C)/C=C\c2ccccc2)c1)c1cccc(-c2ccc3ccccc3c2)c1. The molecule has 1 heterocycles. The second-order valence-corrected chi connectivity index (χ2v) is 14.0. The number of furan rings is 1. The quantitative estimate of drug-likeness (QED) is 0.131. The number of hydrogen-bond donors (Lipinski definition) is 0. The molecule has 0 N–H and O–H groups in total. The van der Waals surface area contributed by atoms with Gasteiger partial charge in [-0.3, -0.25) is 0 Å². The van der Waals surface area contributed by atoms with Gasteiger partial charge in [-0.1, -0.05) is 171 Å². The lowest BCUT2D eigenvalue weighted by molar-refractivity contribution is 0.668. The van der Waals surface area contributed by atoms with Crippen LogP contribution in [0.15, 0.2) is 224 Å². The first-order valence-corrected chi connectivity index (χ1v) is 18.9. The zero-order valence-electron chi connectivity index (χ0n) is 31.0. The van der Waals surface area contributed by atoms with Gasteiger partial charge in [0.2, 0.25) is 0 Å². The molecule has 0 saturated heterocycles. The van der Waals surface area contributed by atoms with E-state index in [9.17, 15) is 0 Å². The van der Waals surface area contributed by atoms with Crippen molar-refractivity contribution in [1.82, 2.24) is 0 Å². The normalized spacial score (nSPS) is 12.0. The number of fused-ring (bicyclic) bond motifs is 5. The fraction of sp³-hybridized carbons (Fsp3) is 0. The average molecular weight is 718 g/mol. The van der Waals surface area contributed by atoms with E-state index >= 15 is 0 Å². The molecule has 266 valence electrons. The Kier molecular flexibility index (Phi) is 9.29. The monoisotopic (exact) mass is 717 g/mol. The van der Waals surface area contributed by atoms with Crippen molar-refractivity contribution >= 4 is 72.6 Å². The summed E-state index contributed by atoms with van der Waals surface area (Å²) in [7, 11) is 0. The predicted molar refractivity (Wildman–Crippen MR) is 241 cm³/mol. The Bertz CT molecular complexity index is 3010. The van der Waals surface area contributed by atoms with Gasteiger partial charge in [-0.25, -0.2) is 0 Å². The summed E-state index contributed by atoms with van der Waals surface area (Å²) >= 11 is 0. The van der Waals surface area contributed by atoms with Crippen LogP contribution >= 0.6 is 0 Å². The minimum absolute atomic E-state index is 0.848. The number of hydrogen-bond acceptors (Lipinski definition) is 2. The summed E-state index contributed by atoms with van der Waals surface area (Å²) in [6.45, 7) is 8.51. The molecule has 0 saturated carbocycles. The summed E-state index contributed by atoms with van der Waals surface area (Å²) in [6.07, 6.45) is 12.3. The Morgan fingerprint density at radius 3 is 2.02 bits per heavy atom. The molecule has 0 bridgehead atoms. The molecule has 0 aliphatic carbocycles. The average Bonchev–Trinajstić information content (AvgIpc) is 3.62. The van der Waals surface area contributed by atoms with Crippen molar-refractivity contribution in [2.45, 2.75) is 0 Å². The summed E-state index contributed by atoms with van der Waals surface area (Å²) in [5.74, 6) is 0. The summed E-state index contributed by atoms with van der Waals surface area (Å²) in [6, 6.07) is 62.0. The van der Waals surface area contributed by atoms with Crippen molar-refractivity contribution in [3.63, 3.8) is 0 Å². The maximum atomic E-state index is 6.69. The fourth-order valence-corrected chi connectivity index (χ4v) is 7.47. The lowest BCUT2D eigenvalue weighted by Gasteiger charge is -2.28. The van der Waals surface area contributed by atoms with Gasteiger partial charge in [-0.05, 0) is 104 Å². The van der Waals surface area contributed by atoms with Crippen molar-refractivity contribution in [3.05, 3.63) is 236 Å². The van der Waals surface area contributed by atoms with Gasteiger partial charge in [0.15, 0.2) is 0 Å². The lowest BCUT2D eigenvalue weighted by Crippen LogP contribution is -2.15. The maximum absolute atomic E-state index is 6.69. The van der Waals surface area contributed by atoms with E-state index in [1.807, 2.05) is 30.4 Å². The van der Waals surface area contributed by atoms with Crippen molar-refractivity contribution < 1.29 is 4.42 Å². The van der Waals surface area contributed by atoms with Crippen LogP contribution in [0.3, 0.4) is 0 Å². The molecule has 0 spiro atoms. The third-order valence-corrected chi connectivity index (χ3v) is 10.3. The molecule has 56 heavy (non-hydrogen) atoms. The molecule has 0 atom stereocenters. The molecule has 2 nitrogen and oxygen atoms in total. The number of allylic oxidation sites excluding steroid dienone is 5. The second-order valence-electron chi connectivity index (χ2n) is 14.0. The highest BCUT2D eigenvalue weighted by molar-refractivity contribution is 6.11. The minimum Gasteiger partial charge on any atom is -0.455 e. The minimum atomic E-state index is 0.848. The van der Waals surface area contributed by atoms with Crippen LogP contribution in [0.2, 0.25) is 0 Å². The Hall–Kier alpha value is -7.42. The van der Waals surface area contributed by atoms with Crippen LogP contribution in [0.5, 0.6) is 0 Å². The second kappa shape index (κ2) is 15.1. The van der Waals surface area contributed by atoms with E-state index < -0.39 is 0 Å². The zero-order chi connectivity index (χ0) is 37.8. The summed E-state index contributed by atoms with van der Waals surface area (Å²) in [5.41, 5.74) is 11.0. The third-order valence-electron chi connectivity index (χ3n) is 10.3. The van der Waals surface area contributed by atoms with Crippen LogP contribution in [0.25, 0.3) is 72.3 Å². The molecular formula is C54H39NO. The Morgan fingerprint density at radius 2 is 1.21 bits per heavy atom. The van der Waals surface area contributed by atoms with E-state index in [4.69, 9.17) is 4.42 Å². The van der Waals surface area contributed by atoms with Crippen molar-refractivity contribution in [3.8, 4) is 11.1 Å². The van der Waals surface area contributed by atoms with Crippen molar-refractivity contribution in [2.24, 2.45) is 0 Å². The number of benzene rings is 8. The van der Waals surface area contributed by atoms with E-state index in [0.717, 1.165) is 77.8 Å². The van der Waals surface area contributed by atoms with E-state index in [-0.39, 0.29) is 0 Å². The lowest BCUT2D eigenvalue weighted by atomic mass is 10.00. The van der Waals surface area contributed by atoms with Crippen molar-refractivity contribution in [2.75, 3.05) is 4.90 Å². The molecule has 2 heteroatoms. The summed E-state index contributed by atoms with van der Waals surface area (Å²) < 4.78 is 6.69. The summed E-state index contributed by atoms with van der Waals surface area (Å²) in [5, 5.41) is 6.97. The van der Waals surface area contributed by atoms with E-state index in [2.05, 4.69) is 200 Å².